The van der Waals surface area contributed by atoms with Crippen LogP contribution in [0.3, 0.4) is 0 Å². The van der Waals surface area contributed by atoms with Gasteiger partial charge in [-0.2, -0.15) is 13.2 Å². The van der Waals surface area contributed by atoms with Crippen molar-refractivity contribution < 1.29 is 18.0 Å². The van der Waals surface area contributed by atoms with Crippen molar-refractivity contribution in [3.8, 4) is 0 Å². The second-order valence-electron chi connectivity index (χ2n) is 8.04. The number of hydrogen-bond donors (Lipinski definition) is 1. The molecule has 1 saturated heterocycles. The highest BCUT2D eigenvalue weighted by Crippen LogP contribution is 2.36. The van der Waals surface area contributed by atoms with Crippen molar-refractivity contribution >= 4 is 22.6 Å². The lowest BCUT2D eigenvalue weighted by atomic mass is 9.96. The standard InChI is InChI=1S/C23H24F3N5O2/c1-2-30(14-19-28-18-10-4-3-8-16(18)21(32)29-19)22(33)15-7-6-12-31(13-15)20-17(23(24,25)26)9-5-11-27-20/h3-5,8-11,15H,2,6-7,12-14H2,1H3,(H,28,29,32). The van der Waals surface area contributed by atoms with Crippen LogP contribution >= 0.6 is 0 Å². The first kappa shape index (κ1) is 22.8. The average molecular weight is 459 g/mol. The van der Waals surface area contributed by atoms with Gasteiger partial charge in [-0.25, -0.2) is 9.97 Å². The maximum Gasteiger partial charge on any atom is 0.419 e. The zero-order valence-corrected chi connectivity index (χ0v) is 18.1. The van der Waals surface area contributed by atoms with Gasteiger partial charge in [0.25, 0.3) is 5.56 Å². The van der Waals surface area contributed by atoms with Gasteiger partial charge in [0.05, 0.1) is 28.9 Å². The predicted octanol–water partition coefficient (Wildman–Crippen LogP) is 3.60. The number of aromatic amines is 1. The maximum absolute atomic E-state index is 13.5. The minimum Gasteiger partial charge on any atom is -0.355 e. The molecule has 10 heteroatoms. The molecule has 1 aliphatic heterocycles. The van der Waals surface area contributed by atoms with Crippen LogP contribution < -0.4 is 10.5 Å². The number of para-hydroxylation sites is 1. The second kappa shape index (κ2) is 9.21. The molecule has 1 amide bonds. The monoisotopic (exact) mass is 459 g/mol. The van der Waals surface area contributed by atoms with Crippen molar-refractivity contribution in [1.29, 1.82) is 0 Å². The van der Waals surface area contributed by atoms with E-state index in [9.17, 15) is 22.8 Å². The minimum atomic E-state index is -4.52. The zero-order chi connectivity index (χ0) is 23.6. The Bertz CT molecular complexity index is 1210. The molecule has 3 heterocycles. The SMILES string of the molecule is CCN(Cc1nc2ccccc2c(=O)[nH]1)C(=O)C1CCCN(c2ncccc2C(F)(F)F)C1. The van der Waals surface area contributed by atoms with E-state index in [1.807, 2.05) is 6.92 Å². The number of rotatable bonds is 5. The number of fused-ring (bicyclic) bond motifs is 1. The largest absolute Gasteiger partial charge is 0.419 e. The Morgan fingerprint density at radius 1 is 1.24 bits per heavy atom. The van der Waals surface area contributed by atoms with Crippen LogP contribution in [0.2, 0.25) is 0 Å². The molecule has 0 radical (unpaired) electrons. The van der Waals surface area contributed by atoms with E-state index in [0.29, 0.717) is 42.7 Å². The topological polar surface area (TPSA) is 82.2 Å². The summed E-state index contributed by atoms with van der Waals surface area (Å²) in [4.78, 5) is 39.9. The van der Waals surface area contributed by atoms with E-state index < -0.39 is 17.7 Å². The summed E-state index contributed by atoms with van der Waals surface area (Å²) < 4.78 is 40.4. The number of alkyl halides is 3. The van der Waals surface area contributed by atoms with Crippen LogP contribution in [0.5, 0.6) is 0 Å². The molecule has 33 heavy (non-hydrogen) atoms. The lowest BCUT2D eigenvalue weighted by Crippen LogP contribution is -2.45. The molecular formula is C23H24F3N5O2. The maximum atomic E-state index is 13.5. The fourth-order valence-corrected chi connectivity index (χ4v) is 4.24. The highest BCUT2D eigenvalue weighted by atomic mass is 19.4. The van der Waals surface area contributed by atoms with Gasteiger partial charge in [0, 0.05) is 25.8 Å². The Labute approximate surface area is 188 Å². The number of nitrogens with zero attached hydrogens (tertiary/aromatic N) is 4. The van der Waals surface area contributed by atoms with Gasteiger partial charge >= 0.3 is 6.18 Å². The molecule has 0 aliphatic carbocycles. The second-order valence-corrected chi connectivity index (χ2v) is 8.04. The third-order valence-electron chi connectivity index (χ3n) is 5.86. The van der Waals surface area contributed by atoms with Crippen molar-refractivity contribution in [2.75, 3.05) is 24.5 Å². The Kier molecular flexibility index (Phi) is 6.35. The predicted molar refractivity (Wildman–Crippen MR) is 118 cm³/mol. The molecule has 0 bridgehead atoms. The molecule has 0 saturated carbocycles. The number of anilines is 1. The summed E-state index contributed by atoms with van der Waals surface area (Å²) in [7, 11) is 0. The first-order chi connectivity index (χ1) is 15.8. The van der Waals surface area contributed by atoms with E-state index >= 15 is 0 Å². The van der Waals surface area contributed by atoms with Crippen molar-refractivity contribution in [1.82, 2.24) is 19.9 Å². The fourth-order valence-electron chi connectivity index (χ4n) is 4.24. The van der Waals surface area contributed by atoms with E-state index in [4.69, 9.17) is 0 Å². The summed E-state index contributed by atoms with van der Waals surface area (Å²) in [5.74, 6) is -0.437. The number of halogens is 3. The number of pyridine rings is 1. The van der Waals surface area contributed by atoms with E-state index in [2.05, 4.69) is 15.0 Å². The molecular weight excluding hydrogens is 435 g/mol. The van der Waals surface area contributed by atoms with Gasteiger partial charge in [-0.1, -0.05) is 12.1 Å². The van der Waals surface area contributed by atoms with Crippen LogP contribution in [0.25, 0.3) is 10.9 Å². The van der Waals surface area contributed by atoms with Crippen LogP contribution in [-0.4, -0.2) is 45.4 Å². The molecule has 4 rings (SSSR count). The molecule has 1 atom stereocenters. The van der Waals surface area contributed by atoms with Gasteiger partial charge in [0.2, 0.25) is 5.91 Å². The first-order valence-electron chi connectivity index (χ1n) is 10.8. The molecule has 1 aromatic carbocycles. The van der Waals surface area contributed by atoms with E-state index in [1.165, 1.54) is 12.3 Å². The van der Waals surface area contributed by atoms with Crippen molar-refractivity contribution in [2.45, 2.75) is 32.5 Å². The highest BCUT2D eigenvalue weighted by molar-refractivity contribution is 5.80. The molecule has 7 nitrogen and oxygen atoms in total. The molecule has 1 unspecified atom stereocenters. The fraction of sp³-hybridized carbons (Fsp3) is 0.391. The summed E-state index contributed by atoms with van der Waals surface area (Å²) in [5, 5.41) is 0.467. The lowest BCUT2D eigenvalue weighted by Gasteiger charge is -2.36. The van der Waals surface area contributed by atoms with E-state index in [-0.39, 0.29) is 30.4 Å². The summed E-state index contributed by atoms with van der Waals surface area (Å²) in [6.07, 6.45) is -2.05. The molecule has 1 aliphatic rings. The highest BCUT2D eigenvalue weighted by Gasteiger charge is 2.37. The number of amides is 1. The number of hydrogen-bond acceptors (Lipinski definition) is 5. The smallest absolute Gasteiger partial charge is 0.355 e. The first-order valence-corrected chi connectivity index (χ1v) is 10.8. The Morgan fingerprint density at radius 3 is 2.79 bits per heavy atom. The number of H-pyrrole nitrogens is 1. The van der Waals surface area contributed by atoms with Crippen LogP contribution in [0.1, 0.15) is 31.2 Å². The number of aromatic nitrogens is 3. The van der Waals surface area contributed by atoms with Gasteiger partial charge in [0.15, 0.2) is 0 Å². The minimum absolute atomic E-state index is 0.114. The van der Waals surface area contributed by atoms with Gasteiger partial charge in [-0.15, -0.1) is 0 Å². The molecule has 174 valence electrons. The summed E-state index contributed by atoms with van der Waals surface area (Å²) in [6, 6.07) is 9.21. The number of carbonyl (C=O) groups is 1. The van der Waals surface area contributed by atoms with E-state index in [0.717, 1.165) is 6.07 Å². The Hall–Kier alpha value is -3.43. The number of benzene rings is 1. The zero-order valence-electron chi connectivity index (χ0n) is 18.1. The van der Waals surface area contributed by atoms with Crippen molar-refractivity contribution in [2.24, 2.45) is 5.92 Å². The molecule has 1 fully saturated rings. The number of piperidine rings is 1. The van der Waals surface area contributed by atoms with Crippen molar-refractivity contribution in [3.63, 3.8) is 0 Å². The third-order valence-corrected chi connectivity index (χ3v) is 5.86. The number of carbonyl (C=O) groups excluding carboxylic acids is 1. The summed E-state index contributed by atoms with van der Waals surface area (Å²) >= 11 is 0. The molecule has 0 spiro atoms. The normalized spacial score (nSPS) is 16.7. The lowest BCUT2D eigenvalue weighted by molar-refractivity contribution is -0.137. The Morgan fingerprint density at radius 2 is 2.03 bits per heavy atom. The van der Waals surface area contributed by atoms with Gasteiger partial charge in [0.1, 0.15) is 11.6 Å². The molecule has 1 N–H and O–H groups in total. The average Bonchev–Trinajstić information content (AvgIpc) is 2.82. The van der Waals surface area contributed by atoms with Crippen molar-refractivity contribution in [3.05, 3.63) is 64.3 Å². The van der Waals surface area contributed by atoms with Crippen LogP contribution in [0.4, 0.5) is 19.0 Å². The summed E-state index contributed by atoms with van der Waals surface area (Å²) in [5.41, 5.74) is -0.542. The van der Waals surface area contributed by atoms with Crippen LogP contribution in [0, 0.1) is 5.92 Å². The number of nitrogens with one attached hydrogen (secondary N) is 1. The van der Waals surface area contributed by atoms with Gasteiger partial charge in [-0.3, -0.25) is 9.59 Å². The summed E-state index contributed by atoms with van der Waals surface area (Å²) in [6.45, 7) is 2.86. The Balaban J connectivity index is 1.53. The van der Waals surface area contributed by atoms with Gasteiger partial charge < -0.3 is 14.8 Å². The van der Waals surface area contributed by atoms with Gasteiger partial charge in [-0.05, 0) is 44.0 Å². The quantitative estimate of drug-likeness (QED) is 0.631. The van der Waals surface area contributed by atoms with E-state index in [1.54, 1.807) is 34.1 Å². The van der Waals surface area contributed by atoms with Crippen LogP contribution in [-0.2, 0) is 17.5 Å². The third kappa shape index (κ3) is 4.84. The molecule has 3 aromatic rings. The van der Waals surface area contributed by atoms with Crippen LogP contribution in [0.15, 0.2) is 47.4 Å². The molecule has 2 aromatic heterocycles.